The average molecular weight is 364 g/mol. The van der Waals surface area contributed by atoms with Crippen LogP contribution in [0.3, 0.4) is 0 Å². The molecule has 4 aliphatic rings. The standard InChI is InChI=1S/C24H30N2O/c1-3-5-8-12-26-13-11-24-20-9-6-7-10-21(20)25-23(24)19(16-27)18(14-22(24)26)17(4-2)15-26/h4,6-7,9-10,16,18,22H,3,5,8,11-15H2,1-2H3/p+1/b17-4-/t18-,22-,24?,26?/m0/s1. The summed E-state index contributed by atoms with van der Waals surface area (Å²) >= 11 is 0. The van der Waals surface area contributed by atoms with Crippen molar-refractivity contribution in [2.24, 2.45) is 5.92 Å². The first-order valence-electron chi connectivity index (χ1n) is 10.8. The molecule has 1 N–H and O–H groups in total. The van der Waals surface area contributed by atoms with Gasteiger partial charge < -0.3 is 9.80 Å². The van der Waals surface area contributed by atoms with E-state index in [4.69, 9.17) is 0 Å². The van der Waals surface area contributed by atoms with E-state index in [1.54, 1.807) is 0 Å². The number of nitrogens with zero attached hydrogens (tertiary/aromatic N) is 1. The van der Waals surface area contributed by atoms with Crippen LogP contribution in [-0.2, 0) is 10.2 Å². The molecule has 2 saturated heterocycles. The molecule has 142 valence electrons. The maximum absolute atomic E-state index is 12.2. The minimum atomic E-state index is 0.0365. The van der Waals surface area contributed by atoms with E-state index in [9.17, 15) is 4.79 Å². The molecule has 1 spiro atoms. The summed E-state index contributed by atoms with van der Waals surface area (Å²) in [4.78, 5) is 12.2. The Bertz CT molecular complexity index is 854. The zero-order chi connectivity index (χ0) is 18.6. The van der Waals surface area contributed by atoms with E-state index in [0.29, 0.717) is 12.0 Å². The van der Waals surface area contributed by atoms with Crippen molar-refractivity contribution in [3.8, 4) is 0 Å². The van der Waals surface area contributed by atoms with Gasteiger partial charge in [-0.25, -0.2) is 0 Å². The van der Waals surface area contributed by atoms with Crippen molar-refractivity contribution in [1.82, 2.24) is 0 Å². The van der Waals surface area contributed by atoms with Crippen molar-refractivity contribution in [3.05, 3.63) is 52.7 Å². The minimum absolute atomic E-state index is 0.0365. The number of para-hydroxylation sites is 1. The number of quaternary nitrogens is 1. The van der Waals surface area contributed by atoms with E-state index >= 15 is 0 Å². The first kappa shape index (κ1) is 17.2. The maximum atomic E-state index is 12.2. The van der Waals surface area contributed by atoms with Crippen molar-refractivity contribution in [2.45, 2.75) is 57.4 Å². The Morgan fingerprint density at radius 1 is 1.30 bits per heavy atom. The Hall–Kier alpha value is -1.87. The number of carbonyl (C=O) groups excluding carboxylic acids is 1. The number of allylic oxidation sites excluding steroid dienone is 2. The van der Waals surface area contributed by atoms with E-state index in [1.807, 2.05) is 0 Å². The summed E-state index contributed by atoms with van der Waals surface area (Å²) in [6.07, 6.45) is 9.70. The summed E-state index contributed by atoms with van der Waals surface area (Å²) in [6.45, 7) is 8.13. The van der Waals surface area contributed by atoms with Crippen LogP contribution in [-0.4, -0.2) is 36.4 Å². The van der Waals surface area contributed by atoms with E-state index in [2.05, 4.69) is 49.5 Å². The topological polar surface area (TPSA) is 29.1 Å². The van der Waals surface area contributed by atoms with Gasteiger partial charge in [-0.05, 0) is 37.0 Å². The minimum Gasteiger partial charge on any atom is -0.357 e. The number of carbonyl (C=O) groups is 1. The lowest BCUT2D eigenvalue weighted by molar-refractivity contribution is -0.941. The van der Waals surface area contributed by atoms with Crippen LogP contribution in [0.1, 0.15) is 51.5 Å². The van der Waals surface area contributed by atoms with Crippen LogP contribution in [0, 0.1) is 5.92 Å². The predicted molar refractivity (Wildman–Crippen MR) is 109 cm³/mol. The lowest BCUT2D eigenvalue weighted by atomic mass is 9.61. The maximum Gasteiger partial charge on any atom is 0.148 e. The van der Waals surface area contributed by atoms with Gasteiger partial charge in [-0.1, -0.05) is 37.6 Å². The van der Waals surface area contributed by atoms with Crippen molar-refractivity contribution in [2.75, 3.05) is 25.0 Å². The molecule has 0 saturated carbocycles. The fraction of sp³-hybridized carbons (Fsp3) is 0.542. The summed E-state index contributed by atoms with van der Waals surface area (Å²) in [5, 5.41) is 3.72. The SMILES string of the molecule is C/C=C1/C[N+]2(CCCCC)CCC34C(=C(C=O)[C@H]1C[C@@H]32)Nc1ccccc14. The predicted octanol–water partition coefficient (Wildman–Crippen LogP) is 4.56. The quantitative estimate of drug-likeness (QED) is 0.360. The van der Waals surface area contributed by atoms with E-state index < -0.39 is 0 Å². The molecule has 27 heavy (non-hydrogen) atoms. The van der Waals surface area contributed by atoms with Gasteiger partial charge in [0.1, 0.15) is 18.9 Å². The fourth-order valence-electron chi connectivity index (χ4n) is 6.91. The van der Waals surface area contributed by atoms with Crippen LogP contribution in [0.4, 0.5) is 5.69 Å². The van der Waals surface area contributed by atoms with Gasteiger partial charge >= 0.3 is 0 Å². The number of hydrogen-bond donors (Lipinski definition) is 1. The Morgan fingerprint density at radius 3 is 2.93 bits per heavy atom. The third kappa shape index (κ3) is 2.09. The molecular weight excluding hydrogens is 332 g/mol. The van der Waals surface area contributed by atoms with Gasteiger partial charge in [0.2, 0.25) is 0 Å². The number of piperidine rings is 1. The highest BCUT2D eigenvalue weighted by atomic mass is 16.1. The third-order valence-corrected chi connectivity index (χ3v) is 8.07. The number of aldehydes is 1. The van der Waals surface area contributed by atoms with Crippen LogP contribution >= 0.6 is 0 Å². The van der Waals surface area contributed by atoms with Gasteiger partial charge in [-0.15, -0.1) is 0 Å². The van der Waals surface area contributed by atoms with Crippen LogP contribution in [0.15, 0.2) is 47.2 Å². The summed E-state index contributed by atoms with van der Waals surface area (Å²) < 4.78 is 1.24. The second kappa shape index (κ2) is 6.07. The molecule has 3 nitrogen and oxygen atoms in total. The van der Waals surface area contributed by atoms with Crippen LogP contribution in [0.25, 0.3) is 0 Å². The molecule has 0 amide bonds. The first-order valence-corrected chi connectivity index (χ1v) is 10.8. The molecule has 0 aromatic heterocycles. The largest absolute Gasteiger partial charge is 0.357 e. The summed E-state index contributed by atoms with van der Waals surface area (Å²) in [5.41, 5.74) is 6.48. The highest BCUT2D eigenvalue weighted by molar-refractivity contribution is 5.84. The normalized spacial score (nSPS) is 37.2. The molecule has 2 bridgehead atoms. The number of anilines is 1. The number of rotatable bonds is 5. The highest BCUT2D eigenvalue weighted by Crippen LogP contribution is 2.63. The molecule has 2 unspecified atom stereocenters. The Kier molecular flexibility index (Phi) is 3.87. The van der Waals surface area contributed by atoms with Gasteiger partial charge in [0.15, 0.2) is 0 Å². The number of nitrogens with one attached hydrogen (secondary N) is 1. The smallest absolute Gasteiger partial charge is 0.148 e. The second-order valence-corrected chi connectivity index (χ2v) is 9.04. The average Bonchev–Trinajstić information content (AvgIpc) is 3.22. The molecule has 1 aromatic carbocycles. The molecular formula is C24H31N2O+. The van der Waals surface area contributed by atoms with Gasteiger partial charge in [-0.2, -0.15) is 0 Å². The Balaban J connectivity index is 1.71. The van der Waals surface area contributed by atoms with Crippen molar-refractivity contribution in [3.63, 3.8) is 0 Å². The number of hydrogen-bond acceptors (Lipinski definition) is 2. The van der Waals surface area contributed by atoms with E-state index in [-0.39, 0.29) is 5.41 Å². The molecule has 3 heteroatoms. The van der Waals surface area contributed by atoms with Crippen molar-refractivity contribution < 1.29 is 9.28 Å². The van der Waals surface area contributed by atoms with Crippen LogP contribution in [0.2, 0.25) is 0 Å². The lowest BCUT2D eigenvalue weighted by Crippen LogP contribution is -2.63. The lowest BCUT2D eigenvalue weighted by Gasteiger charge is -2.53. The van der Waals surface area contributed by atoms with Gasteiger partial charge in [0.25, 0.3) is 0 Å². The van der Waals surface area contributed by atoms with Gasteiger partial charge in [0.05, 0.1) is 18.5 Å². The molecule has 5 rings (SSSR count). The summed E-state index contributed by atoms with van der Waals surface area (Å²) in [6, 6.07) is 9.41. The third-order valence-electron chi connectivity index (χ3n) is 8.07. The zero-order valence-electron chi connectivity index (χ0n) is 16.6. The van der Waals surface area contributed by atoms with Crippen molar-refractivity contribution >= 4 is 12.0 Å². The molecule has 3 heterocycles. The van der Waals surface area contributed by atoms with Crippen LogP contribution in [0.5, 0.6) is 0 Å². The molecule has 3 aliphatic heterocycles. The Labute approximate surface area is 162 Å². The molecule has 4 atom stereocenters. The van der Waals surface area contributed by atoms with Gasteiger partial charge in [0, 0.05) is 35.7 Å². The van der Waals surface area contributed by atoms with Crippen LogP contribution < -0.4 is 5.32 Å². The molecule has 2 fully saturated rings. The summed E-state index contributed by atoms with van der Waals surface area (Å²) in [7, 11) is 0. The van der Waals surface area contributed by atoms with E-state index in [1.165, 1.54) is 65.8 Å². The Morgan fingerprint density at radius 2 is 2.15 bits per heavy atom. The molecule has 0 radical (unpaired) electrons. The fourth-order valence-corrected chi connectivity index (χ4v) is 6.91. The number of unbranched alkanes of at least 4 members (excludes halogenated alkanes) is 2. The highest BCUT2D eigenvalue weighted by Gasteiger charge is 2.68. The van der Waals surface area contributed by atoms with E-state index in [0.717, 1.165) is 24.8 Å². The first-order chi connectivity index (χ1) is 13.2. The van der Waals surface area contributed by atoms with Gasteiger partial charge in [-0.3, -0.25) is 4.79 Å². The number of fused-ring (bicyclic) bond motifs is 2. The van der Waals surface area contributed by atoms with Crippen molar-refractivity contribution in [1.29, 1.82) is 0 Å². The second-order valence-electron chi connectivity index (χ2n) is 9.04. The zero-order valence-corrected chi connectivity index (χ0v) is 16.6. The molecule has 1 aliphatic carbocycles. The molecule has 1 aromatic rings. The monoisotopic (exact) mass is 363 g/mol. The number of benzene rings is 1. The summed E-state index contributed by atoms with van der Waals surface area (Å²) in [5.74, 6) is 0.318.